The first-order valence-electron chi connectivity index (χ1n) is 7.50. The molecule has 104 valence electrons. The van der Waals surface area contributed by atoms with Crippen LogP contribution in [0.4, 0.5) is 5.82 Å². The van der Waals surface area contributed by atoms with Crippen molar-refractivity contribution in [2.45, 2.75) is 45.4 Å². The fourth-order valence-electron chi connectivity index (χ4n) is 3.32. The smallest absolute Gasteiger partial charge is 0.135 e. The summed E-state index contributed by atoms with van der Waals surface area (Å²) >= 11 is 0. The van der Waals surface area contributed by atoms with Crippen molar-refractivity contribution in [3.8, 4) is 0 Å². The summed E-state index contributed by atoms with van der Waals surface area (Å²) in [6, 6.07) is 0. The maximum atomic E-state index is 5.91. The molecule has 1 aromatic heterocycles. The number of hydrogen-bond donors (Lipinski definition) is 1. The predicted molar refractivity (Wildman–Crippen MR) is 77.3 cm³/mol. The minimum atomic E-state index is 0.253. The van der Waals surface area contributed by atoms with Crippen molar-refractivity contribution < 1.29 is 0 Å². The van der Waals surface area contributed by atoms with Crippen LogP contribution in [0.2, 0.25) is 0 Å². The van der Waals surface area contributed by atoms with E-state index in [0.29, 0.717) is 0 Å². The van der Waals surface area contributed by atoms with Crippen LogP contribution in [0, 0.1) is 5.41 Å². The number of aryl methyl sites for hydroxylation is 1. The van der Waals surface area contributed by atoms with E-state index in [-0.39, 0.29) is 5.41 Å². The van der Waals surface area contributed by atoms with Gasteiger partial charge >= 0.3 is 0 Å². The van der Waals surface area contributed by atoms with E-state index in [4.69, 9.17) is 5.73 Å². The molecule has 4 nitrogen and oxygen atoms in total. The number of fused-ring (bicyclic) bond motifs is 1. The lowest BCUT2D eigenvalue weighted by molar-refractivity contribution is 0.383. The molecule has 1 aliphatic carbocycles. The highest BCUT2D eigenvalue weighted by Crippen LogP contribution is 2.34. The van der Waals surface area contributed by atoms with Gasteiger partial charge in [0.15, 0.2) is 0 Å². The second-order valence-corrected chi connectivity index (χ2v) is 6.37. The average Bonchev–Trinajstić information content (AvgIpc) is 2.68. The highest BCUT2D eigenvalue weighted by molar-refractivity contribution is 5.50. The van der Waals surface area contributed by atoms with Gasteiger partial charge in [-0.2, -0.15) is 0 Å². The molecule has 2 heterocycles. The molecule has 0 bridgehead atoms. The summed E-state index contributed by atoms with van der Waals surface area (Å²) < 4.78 is 0. The number of anilines is 1. The van der Waals surface area contributed by atoms with E-state index in [2.05, 4.69) is 21.8 Å². The maximum absolute atomic E-state index is 5.91. The number of aromatic nitrogens is 2. The Morgan fingerprint density at radius 3 is 2.89 bits per heavy atom. The maximum Gasteiger partial charge on any atom is 0.135 e. The Morgan fingerprint density at radius 2 is 2.11 bits per heavy atom. The summed E-state index contributed by atoms with van der Waals surface area (Å²) in [5, 5.41) is 0. The van der Waals surface area contributed by atoms with Gasteiger partial charge in [0.25, 0.3) is 0 Å². The van der Waals surface area contributed by atoms with Gasteiger partial charge in [-0.3, -0.25) is 0 Å². The fraction of sp³-hybridized carbons (Fsp3) is 0.733. The van der Waals surface area contributed by atoms with E-state index in [0.717, 1.165) is 32.5 Å². The van der Waals surface area contributed by atoms with Gasteiger partial charge in [0.2, 0.25) is 0 Å². The number of nitrogens with zero attached hydrogens (tertiary/aromatic N) is 3. The zero-order valence-corrected chi connectivity index (χ0v) is 11.9. The quantitative estimate of drug-likeness (QED) is 0.825. The first-order chi connectivity index (χ1) is 9.22. The molecule has 1 unspecified atom stereocenters. The van der Waals surface area contributed by atoms with Gasteiger partial charge in [-0.1, -0.05) is 13.3 Å². The minimum Gasteiger partial charge on any atom is -0.356 e. The van der Waals surface area contributed by atoms with E-state index in [1.165, 1.54) is 42.8 Å². The van der Waals surface area contributed by atoms with E-state index in [1.54, 1.807) is 6.33 Å². The van der Waals surface area contributed by atoms with Crippen molar-refractivity contribution in [1.82, 2.24) is 9.97 Å². The zero-order chi connectivity index (χ0) is 13.3. The fourth-order valence-corrected chi connectivity index (χ4v) is 3.32. The molecule has 4 heteroatoms. The molecule has 0 aromatic carbocycles. The Hall–Kier alpha value is -1.16. The number of nitrogens with two attached hydrogens (primary N) is 1. The number of rotatable bonds is 2. The predicted octanol–water partition coefficient (Wildman–Crippen LogP) is 1.92. The van der Waals surface area contributed by atoms with E-state index in [1.807, 2.05) is 0 Å². The van der Waals surface area contributed by atoms with Crippen LogP contribution in [0.15, 0.2) is 6.33 Å². The Labute approximate surface area is 115 Å². The van der Waals surface area contributed by atoms with Gasteiger partial charge in [0.1, 0.15) is 12.1 Å². The Balaban J connectivity index is 1.89. The van der Waals surface area contributed by atoms with Crippen molar-refractivity contribution in [3.63, 3.8) is 0 Å². The van der Waals surface area contributed by atoms with Gasteiger partial charge in [-0.05, 0) is 44.1 Å². The Morgan fingerprint density at radius 1 is 1.26 bits per heavy atom. The van der Waals surface area contributed by atoms with E-state index < -0.39 is 0 Å². The van der Waals surface area contributed by atoms with Gasteiger partial charge in [0, 0.05) is 24.3 Å². The monoisotopic (exact) mass is 260 g/mol. The molecule has 1 aromatic rings. The topological polar surface area (TPSA) is 55.0 Å². The summed E-state index contributed by atoms with van der Waals surface area (Å²) in [6.45, 7) is 5.16. The first-order valence-corrected chi connectivity index (χ1v) is 7.50. The molecule has 1 fully saturated rings. The van der Waals surface area contributed by atoms with Gasteiger partial charge < -0.3 is 10.6 Å². The second kappa shape index (κ2) is 5.08. The molecule has 0 amide bonds. The summed E-state index contributed by atoms with van der Waals surface area (Å²) in [5.74, 6) is 1.18. The minimum absolute atomic E-state index is 0.253. The molecule has 1 atom stereocenters. The van der Waals surface area contributed by atoms with Crippen LogP contribution >= 0.6 is 0 Å². The third kappa shape index (κ3) is 2.46. The van der Waals surface area contributed by atoms with Crippen LogP contribution in [0.25, 0.3) is 0 Å². The molecule has 1 saturated heterocycles. The van der Waals surface area contributed by atoms with Crippen molar-refractivity contribution in [2.75, 3.05) is 24.5 Å². The lowest BCUT2D eigenvalue weighted by Gasteiger charge is -2.25. The van der Waals surface area contributed by atoms with Crippen molar-refractivity contribution in [3.05, 3.63) is 17.6 Å². The Bertz CT molecular complexity index is 459. The summed E-state index contributed by atoms with van der Waals surface area (Å²) in [4.78, 5) is 11.5. The molecule has 0 radical (unpaired) electrons. The van der Waals surface area contributed by atoms with Crippen molar-refractivity contribution in [2.24, 2.45) is 11.1 Å². The van der Waals surface area contributed by atoms with Crippen LogP contribution < -0.4 is 10.6 Å². The lowest BCUT2D eigenvalue weighted by Crippen LogP contribution is -2.32. The molecular formula is C15H24N4. The van der Waals surface area contributed by atoms with Gasteiger partial charge in [-0.15, -0.1) is 0 Å². The number of hydrogen-bond acceptors (Lipinski definition) is 4. The third-order valence-electron chi connectivity index (χ3n) is 4.70. The van der Waals surface area contributed by atoms with Crippen LogP contribution in [0.1, 0.15) is 43.9 Å². The summed E-state index contributed by atoms with van der Waals surface area (Å²) in [6.07, 6.45) is 9.03. The molecule has 0 saturated carbocycles. The second-order valence-electron chi connectivity index (χ2n) is 6.37. The molecular weight excluding hydrogens is 236 g/mol. The van der Waals surface area contributed by atoms with Crippen molar-refractivity contribution in [1.29, 1.82) is 0 Å². The van der Waals surface area contributed by atoms with Crippen LogP contribution in [-0.2, 0) is 12.8 Å². The zero-order valence-electron chi connectivity index (χ0n) is 11.9. The van der Waals surface area contributed by atoms with Gasteiger partial charge in [-0.25, -0.2) is 9.97 Å². The van der Waals surface area contributed by atoms with Crippen LogP contribution in [0.5, 0.6) is 0 Å². The molecule has 19 heavy (non-hydrogen) atoms. The first kappa shape index (κ1) is 12.9. The third-order valence-corrected chi connectivity index (χ3v) is 4.70. The molecule has 0 spiro atoms. The van der Waals surface area contributed by atoms with E-state index in [9.17, 15) is 0 Å². The van der Waals surface area contributed by atoms with E-state index >= 15 is 0 Å². The van der Waals surface area contributed by atoms with Gasteiger partial charge in [0.05, 0.1) is 0 Å². The average molecular weight is 260 g/mol. The molecule has 3 rings (SSSR count). The highest BCUT2D eigenvalue weighted by Gasteiger charge is 2.34. The standard InChI is InChI=1S/C15H24N4/c1-15(9-16)7-8-19(10-15)14-12-5-3-2-4-6-13(12)17-11-18-14/h11H,2-10,16H2,1H3. The normalized spacial score (nSPS) is 27.2. The SMILES string of the molecule is CC1(CN)CCN(c2ncnc3c2CCCCC3)C1. The largest absolute Gasteiger partial charge is 0.356 e. The Kier molecular flexibility index (Phi) is 3.44. The lowest BCUT2D eigenvalue weighted by atomic mass is 9.90. The van der Waals surface area contributed by atoms with Crippen molar-refractivity contribution >= 4 is 5.82 Å². The van der Waals surface area contributed by atoms with Crippen LogP contribution in [-0.4, -0.2) is 29.6 Å². The summed E-state index contributed by atoms with van der Waals surface area (Å²) in [7, 11) is 0. The highest BCUT2D eigenvalue weighted by atomic mass is 15.2. The van der Waals surface area contributed by atoms with Crippen LogP contribution in [0.3, 0.4) is 0 Å². The molecule has 2 N–H and O–H groups in total. The summed E-state index contributed by atoms with van der Waals surface area (Å²) in [5.41, 5.74) is 8.85. The molecule has 1 aliphatic heterocycles. The molecule has 2 aliphatic rings.